The zero-order valence-corrected chi connectivity index (χ0v) is 19.2. The molecule has 1 saturated heterocycles. The van der Waals surface area contributed by atoms with Crippen molar-refractivity contribution in [2.24, 2.45) is 5.92 Å². The van der Waals surface area contributed by atoms with Gasteiger partial charge in [0.25, 0.3) is 0 Å². The van der Waals surface area contributed by atoms with Crippen molar-refractivity contribution in [3.8, 4) is 5.75 Å². The average molecular weight is 440 g/mol. The highest BCUT2D eigenvalue weighted by Gasteiger charge is 2.37. The van der Waals surface area contributed by atoms with Crippen molar-refractivity contribution in [2.75, 3.05) is 6.61 Å². The van der Waals surface area contributed by atoms with Crippen molar-refractivity contribution in [1.82, 2.24) is 4.90 Å². The second-order valence-corrected chi connectivity index (χ2v) is 9.76. The van der Waals surface area contributed by atoms with Gasteiger partial charge in [0.2, 0.25) is 5.91 Å². The van der Waals surface area contributed by atoms with Gasteiger partial charge in [0.15, 0.2) is 0 Å². The fourth-order valence-electron chi connectivity index (χ4n) is 4.96. The molecule has 1 amide bonds. The average Bonchev–Trinajstić information content (AvgIpc) is 3.31. The smallest absolute Gasteiger partial charge is 0.226 e. The van der Waals surface area contributed by atoms with Crippen molar-refractivity contribution in [1.29, 1.82) is 0 Å². The Balaban J connectivity index is 1.45. The second-order valence-electron chi connectivity index (χ2n) is 9.76. The van der Waals surface area contributed by atoms with Crippen LogP contribution in [0.5, 0.6) is 5.75 Å². The van der Waals surface area contributed by atoms with E-state index in [0.717, 1.165) is 42.6 Å². The number of carbonyl (C=O) groups excluding carboxylic acids is 1. The number of amides is 1. The van der Waals surface area contributed by atoms with Gasteiger partial charge in [-0.05, 0) is 74.9 Å². The number of benzene rings is 2. The van der Waals surface area contributed by atoms with E-state index in [9.17, 15) is 9.18 Å². The molecule has 0 N–H and O–H groups in total. The molecule has 5 heteroatoms. The largest absolute Gasteiger partial charge is 0.489 e. The highest BCUT2D eigenvalue weighted by atomic mass is 19.1. The predicted octanol–water partition coefficient (Wildman–Crippen LogP) is 5.88. The van der Waals surface area contributed by atoms with Crippen LogP contribution in [0.2, 0.25) is 0 Å². The molecule has 0 radical (unpaired) electrons. The molecule has 2 aromatic rings. The molecule has 1 aliphatic heterocycles. The van der Waals surface area contributed by atoms with Crippen molar-refractivity contribution in [3.05, 3.63) is 65.5 Å². The lowest BCUT2D eigenvalue weighted by molar-refractivity contribution is -0.148. The first kappa shape index (κ1) is 22.8. The third-order valence-electron chi connectivity index (χ3n) is 6.67. The number of ether oxygens (including phenoxy) is 2. The van der Waals surface area contributed by atoms with E-state index >= 15 is 0 Å². The Bertz CT molecular complexity index is 905. The number of halogens is 1. The zero-order chi connectivity index (χ0) is 22.6. The summed E-state index contributed by atoms with van der Waals surface area (Å²) < 4.78 is 24.9. The Kier molecular flexibility index (Phi) is 7.14. The molecule has 4 nitrogen and oxygen atoms in total. The number of nitrogens with zero attached hydrogens (tertiary/aromatic N) is 1. The first-order valence-electron chi connectivity index (χ1n) is 11.8. The van der Waals surface area contributed by atoms with E-state index in [1.54, 1.807) is 12.1 Å². The molecule has 0 spiro atoms. The quantitative estimate of drug-likeness (QED) is 0.541. The van der Waals surface area contributed by atoms with Gasteiger partial charge in [0.05, 0.1) is 5.60 Å². The highest BCUT2D eigenvalue weighted by Crippen LogP contribution is 2.33. The number of carbonyl (C=O) groups is 1. The van der Waals surface area contributed by atoms with E-state index in [1.807, 2.05) is 18.2 Å². The molecule has 1 saturated carbocycles. The van der Waals surface area contributed by atoms with Crippen LogP contribution in [0.1, 0.15) is 63.5 Å². The lowest BCUT2D eigenvalue weighted by Gasteiger charge is -2.39. The predicted molar refractivity (Wildman–Crippen MR) is 123 cm³/mol. The van der Waals surface area contributed by atoms with E-state index < -0.39 is 0 Å². The van der Waals surface area contributed by atoms with Gasteiger partial charge in [0.1, 0.15) is 18.2 Å². The summed E-state index contributed by atoms with van der Waals surface area (Å²) in [5.74, 6) is 0.807. The standard InChI is InChI=1S/C27H34FNO3/c1-27(2)17-22(14-15-32-27)26(30)29(24-7-3-4-8-24)18-21-6-5-9-25(16-21)31-19-20-10-12-23(28)13-11-20/h5-6,9-13,16,22,24H,3-4,7-8,14-15,17-19H2,1-2H3. The fraction of sp³-hybridized carbons (Fsp3) is 0.519. The summed E-state index contributed by atoms with van der Waals surface area (Å²) in [6, 6.07) is 14.7. The van der Waals surface area contributed by atoms with Crippen molar-refractivity contribution >= 4 is 5.91 Å². The summed E-state index contributed by atoms with van der Waals surface area (Å²) in [6.45, 7) is 5.79. The summed E-state index contributed by atoms with van der Waals surface area (Å²) >= 11 is 0. The molecule has 1 atom stereocenters. The van der Waals surface area contributed by atoms with Gasteiger partial charge in [-0.1, -0.05) is 37.1 Å². The van der Waals surface area contributed by atoms with Gasteiger partial charge in [-0.25, -0.2) is 4.39 Å². The van der Waals surface area contributed by atoms with Crippen LogP contribution in [-0.2, 0) is 22.7 Å². The minimum absolute atomic E-state index is 0.0252. The van der Waals surface area contributed by atoms with Crippen LogP contribution < -0.4 is 4.74 Å². The monoisotopic (exact) mass is 439 g/mol. The fourth-order valence-corrected chi connectivity index (χ4v) is 4.96. The summed E-state index contributed by atoms with van der Waals surface area (Å²) in [5, 5.41) is 0. The molecular formula is C27H34FNO3. The van der Waals surface area contributed by atoms with Crippen LogP contribution >= 0.6 is 0 Å². The van der Waals surface area contributed by atoms with Crippen LogP contribution in [0.3, 0.4) is 0 Å². The zero-order valence-electron chi connectivity index (χ0n) is 19.2. The lowest BCUT2D eigenvalue weighted by Crippen LogP contribution is -2.46. The summed E-state index contributed by atoms with van der Waals surface area (Å²) in [5.41, 5.74) is 1.75. The maximum Gasteiger partial charge on any atom is 0.226 e. The van der Waals surface area contributed by atoms with Crippen LogP contribution in [0.25, 0.3) is 0 Å². The van der Waals surface area contributed by atoms with Crippen LogP contribution in [0.15, 0.2) is 48.5 Å². The van der Waals surface area contributed by atoms with Crippen molar-refractivity contribution in [2.45, 2.75) is 77.2 Å². The number of hydrogen-bond donors (Lipinski definition) is 0. The molecule has 1 aliphatic carbocycles. The lowest BCUT2D eigenvalue weighted by atomic mass is 9.87. The Hall–Kier alpha value is -2.40. The summed E-state index contributed by atoms with van der Waals surface area (Å²) in [7, 11) is 0. The molecule has 2 aliphatic rings. The molecular weight excluding hydrogens is 405 g/mol. The van der Waals surface area contributed by atoms with E-state index in [4.69, 9.17) is 9.47 Å². The normalized spacial score (nSPS) is 20.8. The first-order valence-corrected chi connectivity index (χ1v) is 11.8. The Morgan fingerprint density at radius 3 is 2.56 bits per heavy atom. The molecule has 172 valence electrons. The molecule has 0 aromatic heterocycles. The maximum atomic E-state index is 13.6. The van der Waals surface area contributed by atoms with Gasteiger partial charge in [0, 0.05) is 25.1 Å². The van der Waals surface area contributed by atoms with E-state index in [-0.39, 0.29) is 23.2 Å². The topological polar surface area (TPSA) is 38.8 Å². The number of hydrogen-bond acceptors (Lipinski definition) is 3. The third-order valence-corrected chi connectivity index (χ3v) is 6.67. The Morgan fingerprint density at radius 2 is 1.84 bits per heavy atom. The molecule has 2 fully saturated rings. The van der Waals surface area contributed by atoms with Gasteiger partial charge >= 0.3 is 0 Å². The van der Waals surface area contributed by atoms with Crippen LogP contribution in [0, 0.1) is 11.7 Å². The van der Waals surface area contributed by atoms with Gasteiger partial charge < -0.3 is 14.4 Å². The minimum Gasteiger partial charge on any atom is -0.489 e. The Labute approximate surface area is 190 Å². The molecule has 2 aromatic carbocycles. The maximum absolute atomic E-state index is 13.6. The second kappa shape index (κ2) is 10.0. The van der Waals surface area contributed by atoms with E-state index in [2.05, 4.69) is 24.8 Å². The molecule has 32 heavy (non-hydrogen) atoms. The van der Waals surface area contributed by atoms with E-state index in [1.165, 1.54) is 25.0 Å². The first-order chi connectivity index (χ1) is 15.4. The van der Waals surface area contributed by atoms with Crippen molar-refractivity contribution < 1.29 is 18.7 Å². The highest BCUT2D eigenvalue weighted by molar-refractivity contribution is 5.79. The Morgan fingerprint density at radius 1 is 1.09 bits per heavy atom. The van der Waals surface area contributed by atoms with Crippen LogP contribution in [0.4, 0.5) is 4.39 Å². The molecule has 4 rings (SSSR count). The van der Waals surface area contributed by atoms with Crippen molar-refractivity contribution in [3.63, 3.8) is 0 Å². The SMILES string of the molecule is CC1(C)CC(C(=O)N(Cc2cccc(OCc3ccc(F)cc3)c2)C2CCCC2)CCO1. The van der Waals surface area contributed by atoms with E-state index in [0.29, 0.717) is 25.8 Å². The molecule has 1 heterocycles. The summed E-state index contributed by atoms with van der Waals surface area (Å²) in [6.07, 6.45) is 6.11. The number of rotatable bonds is 7. The van der Waals surface area contributed by atoms with Gasteiger partial charge in [-0.15, -0.1) is 0 Å². The molecule has 1 unspecified atom stereocenters. The molecule has 0 bridgehead atoms. The van der Waals surface area contributed by atoms with Crippen LogP contribution in [-0.4, -0.2) is 29.1 Å². The summed E-state index contributed by atoms with van der Waals surface area (Å²) in [4.78, 5) is 15.7. The van der Waals surface area contributed by atoms with Gasteiger partial charge in [-0.2, -0.15) is 0 Å². The van der Waals surface area contributed by atoms with Gasteiger partial charge in [-0.3, -0.25) is 4.79 Å². The minimum atomic E-state index is -0.250. The third kappa shape index (κ3) is 5.89.